The Morgan fingerprint density at radius 3 is 2.38 bits per heavy atom. The second-order valence-corrected chi connectivity index (χ2v) is 6.29. The molecule has 1 N–H and O–H groups in total. The van der Waals surface area contributed by atoms with Crippen molar-refractivity contribution >= 4 is 11.7 Å². The Hall–Kier alpha value is -2.46. The van der Waals surface area contributed by atoms with E-state index in [1.165, 1.54) is 0 Å². The van der Waals surface area contributed by atoms with Gasteiger partial charge in [0.05, 0.1) is 11.7 Å². The van der Waals surface area contributed by atoms with Gasteiger partial charge in [-0.1, -0.05) is 48.0 Å². The van der Waals surface area contributed by atoms with Crippen LogP contribution in [0.1, 0.15) is 44.7 Å². The number of hydrogen-bond donors (Lipinski definition) is 1. The average Bonchev–Trinajstić information content (AvgIpc) is 2.61. The van der Waals surface area contributed by atoms with Gasteiger partial charge in [-0.15, -0.1) is 0 Å². The summed E-state index contributed by atoms with van der Waals surface area (Å²) in [5.41, 5.74) is 2.46. The fourth-order valence-electron chi connectivity index (χ4n) is 3.04. The zero-order chi connectivity index (χ0) is 17.1. The molecule has 4 nitrogen and oxygen atoms in total. The molecule has 1 amide bonds. The quantitative estimate of drug-likeness (QED) is 0.884. The molecule has 1 fully saturated rings. The Bertz CT molecular complexity index is 752. The number of likely N-dealkylation sites (tertiary alicyclic amines) is 1. The summed E-state index contributed by atoms with van der Waals surface area (Å²) in [6.07, 6.45) is 1.01. The molecule has 0 bridgehead atoms. The summed E-state index contributed by atoms with van der Waals surface area (Å²) < 4.78 is 0. The maximum atomic E-state index is 12.8. The number of piperidine rings is 1. The van der Waals surface area contributed by atoms with Crippen LogP contribution in [-0.2, 0) is 0 Å². The van der Waals surface area contributed by atoms with E-state index in [0.717, 1.165) is 12.0 Å². The highest BCUT2D eigenvalue weighted by molar-refractivity contribution is 6.15. The van der Waals surface area contributed by atoms with E-state index >= 15 is 0 Å². The number of ketones is 1. The molecule has 24 heavy (non-hydrogen) atoms. The number of β-amino-alcohol motifs (C(OH)–C–C–N with tert-alkyl or cyclic N) is 1. The van der Waals surface area contributed by atoms with Crippen molar-refractivity contribution < 1.29 is 14.7 Å². The lowest BCUT2D eigenvalue weighted by Crippen LogP contribution is -2.42. The molecular weight excluding hydrogens is 302 g/mol. The van der Waals surface area contributed by atoms with Crippen LogP contribution >= 0.6 is 0 Å². The van der Waals surface area contributed by atoms with E-state index in [1.807, 2.05) is 19.1 Å². The van der Waals surface area contributed by atoms with Crippen molar-refractivity contribution in [3.05, 3.63) is 70.8 Å². The monoisotopic (exact) mass is 323 g/mol. The van der Waals surface area contributed by atoms with Crippen LogP contribution in [0.4, 0.5) is 0 Å². The van der Waals surface area contributed by atoms with E-state index in [1.54, 1.807) is 41.3 Å². The maximum Gasteiger partial charge on any atom is 0.254 e. The molecule has 1 heterocycles. The van der Waals surface area contributed by atoms with Crippen molar-refractivity contribution in [3.8, 4) is 0 Å². The number of benzene rings is 2. The Morgan fingerprint density at radius 1 is 1.04 bits per heavy atom. The Morgan fingerprint density at radius 2 is 1.71 bits per heavy atom. The molecule has 124 valence electrons. The summed E-state index contributed by atoms with van der Waals surface area (Å²) >= 11 is 0. The van der Waals surface area contributed by atoms with E-state index in [-0.39, 0.29) is 11.7 Å². The Labute approximate surface area is 141 Å². The molecule has 0 radical (unpaired) electrons. The highest BCUT2D eigenvalue weighted by Gasteiger charge is 2.26. The van der Waals surface area contributed by atoms with Gasteiger partial charge in [0.2, 0.25) is 0 Å². The van der Waals surface area contributed by atoms with E-state index in [4.69, 9.17) is 0 Å². The van der Waals surface area contributed by atoms with E-state index in [2.05, 4.69) is 0 Å². The molecule has 1 atom stereocenters. The summed E-state index contributed by atoms with van der Waals surface area (Å²) in [6, 6.07) is 14.2. The molecule has 3 rings (SSSR count). The van der Waals surface area contributed by atoms with E-state index in [0.29, 0.717) is 36.2 Å². The number of aliphatic hydroxyl groups is 1. The van der Waals surface area contributed by atoms with Gasteiger partial charge in [-0.2, -0.15) is 0 Å². The van der Waals surface area contributed by atoms with Crippen LogP contribution in [0.3, 0.4) is 0 Å². The van der Waals surface area contributed by atoms with Crippen molar-refractivity contribution in [3.63, 3.8) is 0 Å². The standard InChI is InChI=1S/C20H21NO3/c1-14-8-10-15(11-9-14)19(23)17-6-2-3-7-18(17)20(24)21-12-4-5-16(22)13-21/h2-3,6-11,16,22H,4-5,12-13H2,1H3. The molecule has 1 aliphatic heterocycles. The number of nitrogens with zero attached hydrogens (tertiary/aromatic N) is 1. The van der Waals surface area contributed by atoms with Crippen molar-refractivity contribution in [1.82, 2.24) is 4.90 Å². The highest BCUT2D eigenvalue weighted by Crippen LogP contribution is 2.19. The Balaban J connectivity index is 1.91. The number of carbonyl (C=O) groups is 2. The summed E-state index contributed by atoms with van der Waals surface area (Å²) in [6.45, 7) is 2.90. The number of amides is 1. The third-order valence-corrected chi connectivity index (χ3v) is 4.40. The van der Waals surface area contributed by atoms with Crippen molar-refractivity contribution in [2.45, 2.75) is 25.9 Å². The SMILES string of the molecule is Cc1ccc(C(=O)c2ccccc2C(=O)N2CCCC(O)C2)cc1. The minimum Gasteiger partial charge on any atom is -0.391 e. The molecule has 0 aliphatic carbocycles. The van der Waals surface area contributed by atoms with Crippen LogP contribution in [0.2, 0.25) is 0 Å². The van der Waals surface area contributed by atoms with Crippen LogP contribution in [0.5, 0.6) is 0 Å². The van der Waals surface area contributed by atoms with Gasteiger partial charge in [0.25, 0.3) is 5.91 Å². The summed E-state index contributed by atoms with van der Waals surface area (Å²) in [5, 5.41) is 9.80. The molecular formula is C20H21NO3. The predicted molar refractivity (Wildman–Crippen MR) is 92.2 cm³/mol. The first-order valence-electron chi connectivity index (χ1n) is 8.24. The van der Waals surface area contributed by atoms with Crippen molar-refractivity contribution in [2.24, 2.45) is 0 Å². The molecule has 1 aliphatic rings. The molecule has 0 saturated carbocycles. The van der Waals surface area contributed by atoms with Gasteiger partial charge in [-0.25, -0.2) is 0 Å². The van der Waals surface area contributed by atoms with Crippen LogP contribution in [-0.4, -0.2) is 40.9 Å². The number of hydrogen-bond acceptors (Lipinski definition) is 3. The van der Waals surface area contributed by atoms with E-state index < -0.39 is 6.10 Å². The molecule has 1 unspecified atom stereocenters. The summed E-state index contributed by atoms with van der Waals surface area (Å²) in [5.74, 6) is -0.346. The molecule has 2 aromatic rings. The third kappa shape index (κ3) is 3.39. The van der Waals surface area contributed by atoms with Gasteiger partial charge >= 0.3 is 0 Å². The van der Waals surface area contributed by atoms with Crippen molar-refractivity contribution in [2.75, 3.05) is 13.1 Å². The van der Waals surface area contributed by atoms with Crippen molar-refractivity contribution in [1.29, 1.82) is 0 Å². The van der Waals surface area contributed by atoms with Crippen LogP contribution in [0.15, 0.2) is 48.5 Å². The largest absolute Gasteiger partial charge is 0.391 e. The normalized spacial score (nSPS) is 17.6. The van der Waals surface area contributed by atoms with Gasteiger partial charge in [-0.05, 0) is 25.8 Å². The number of carbonyl (C=O) groups excluding carboxylic acids is 2. The summed E-state index contributed by atoms with van der Waals surface area (Å²) in [7, 11) is 0. The van der Waals surface area contributed by atoms with Gasteiger partial charge in [-0.3, -0.25) is 9.59 Å². The number of aliphatic hydroxyl groups excluding tert-OH is 1. The minimum absolute atomic E-state index is 0.156. The molecule has 4 heteroatoms. The first-order chi connectivity index (χ1) is 11.6. The fourth-order valence-corrected chi connectivity index (χ4v) is 3.04. The van der Waals surface area contributed by atoms with Gasteiger partial charge in [0.15, 0.2) is 5.78 Å². The molecule has 2 aromatic carbocycles. The average molecular weight is 323 g/mol. The number of rotatable bonds is 3. The van der Waals surface area contributed by atoms with E-state index in [9.17, 15) is 14.7 Å². The lowest BCUT2D eigenvalue weighted by molar-refractivity contribution is 0.0472. The minimum atomic E-state index is -0.484. The van der Waals surface area contributed by atoms with Gasteiger partial charge in [0.1, 0.15) is 0 Å². The second-order valence-electron chi connectivity index (χ2n) is 6.29. The molecule has 0 aromatic heterocycles. The van der Waals surface area contributed by atoms with Gasteiger partial charge < -0.3 is 10.0 Å². The second kappa shape index (κ2) is 6.97. The van der Waals surface area contributed by atoms with Crippen LogP contribution < -0.4 is 0 Å². The predicted octanol–water partition coefficient (Wildman–Crippen LogP) is 2.82. The maximum absolute atomic E-state index is 12.8. The third-order valence-electron chi connectivity index (χ3n) is 4.40. The Kier molecular flexibility index (Phi) is 4.76. The summed E-state index contributed by atoms with van der Waals surface area (Å²) in [4.78, 5) is 27.3. The van der Waals surface area contributed by atoms with Crippen LogP contribution in [0, 0.1) is 6.92 Å². The topological polar surface area (TPSA) is 57.6 Å². The lowest BCUT2D eigenvalue weighted by Gasteiger charge is -2.30. The smallest absolute Gasteiger partial charge is 0.254 e. The zero-order valence-electron chi connectivity index (χ0n) is 13.7. The molecule has 1 saturated heterocycles. The fraction of sp³-hybridized carbons (Fsp3) is 0.300. The number of aryl methyl sites for hydroxylation is 1. The zero-order valence-corrected chi connectivity index (χ0v) is 13.7. The molecule has 0 spiro atoms. The first-order valence-corrected chi connectivity index (χ1v) is 8.24. The van der Waals surface area contributed by atoms with Crippen LogP contribution in [0.25, 0.3) is 0 Å². The lowest BCUT2D eigenvalue weighted by atomic mass is 9.96. The first kappa shape index (κ1) is 16.4. The van der Waals surface area contributed by atoms with Gasteiger partial charge in [0, 0.05) is 24.2 Å². The highest BCUT2D eigenvalue weighted by atomic mass is 16.3.